The van der Waals surface area contributed by atoms with Crippen LogP contribution in [-0.4, -0.2) is 34.0 Å². The van der Waals surface area contributed by atoms with Crippen molar-refractivity contribution >= 4 is 28.5 Å². The van der Waals surface area contributed by atoms with E-state index in [-0.39, 0.29) is 11.1 Å². The maximum atomic E-state index is 14.2. The second-order valence-electron chi connectivity index (χ2n) is 6.77. The van der Waals surface area contributed by atoms with Gasteiger partial charge in [0, 0.05) is 35.7 Å². The van der Waals surface area contributed by atoms with Gasteiger partial charge in [0.15, 0.2) is 0 Å². The Morgan fingerprint density at radius 1 is 1.21 bits per heavy atom. The number of aromatic nitrogens is 1. The van der Waals surface area contributed by atoms with Gasteiger partial charge in [0.25, 0.3) is 0 Å². The van der Waals surface area contributed by atoms with Crippen LogP contribution in [0.25, 0.3) is 22.6 Å². The summed E-state index contributed by atoms with van der Waals surface area (Å²) in [6.45, 7) is 3.64. The third kappa shape index (κ3) is 3.16. The molecule has 0 bridgehead atoms. The van der Waals surface area contributed by atoms with E-state index >= 15 is 0 Å². The van der Waals surface area contributed by atoms with Crippen LogP contribution in [0.15, 0.2) is 42.5 Å². The van der Waals surface area contributed by atoms with Crippen molar-refractivity contribution in [3.63, 3.8) is 0 Å². The van der Waals surface area contributed by atoms with Crippen LogP contribution in [0, 0.1) is 11.6 Å². The Bertz CT molecular complexity index is 1120. The average Bonchev–Trinajstić information content (AvgIpc) is 2.67. The minimum atomic E-state index is -1.01. The number of para-hydroxylation sites is 1. The van der Waals surface area contributed by atoms with E-state index in [9.17, 15) is 18.7 Å². The number of aromatic carboxylic acids is 1. The molecular weight excluding hydrogens is 362 g/mol. The van der Waals surface area contributed by atoms with E-state index < -0.39 is 17.6 Å². The predicted octanol–water partition coefficient (Wildman–Crippen LogP) is 4.59. The van der Waals surface area contributed by atoms with Crippen LogP contribution in [0.3, 0.4) is 0 Å². The largest absolute Gasteiger partial charge is 0.478 e. The molecule has 1 aliphatic heterocycles. The van der Waals surface area contributed by atoms with E-state index in [2.05, 4.69) is 4.90 Å². The second-order valence-corrected chi connectivity index (χ2v) is 6.77. The highest BCUT2D eigenvalue weighted by Gasteiger charge is 2.28. The molecule has 6 heteroatoms. The molecule has 1 N–H and O–H groups in total. The van der Waals surface area contributed by atoms with Gasteiger partial charge in [-0.3, -0.25) is 4.90 Å². The summed E-state index contributed by atoms with van der Waals surface area (Å²) in [5.74, 6) is -2.32. The number of pyridine rings is 1. The first-order chi connectivity index (χ1) is 13.5. The van der Waals surface area contributed by atoms with E-state index in [1.165, 1.54) is 12.1 Å². The fraction of sp³-hybridized carbons (Fsp3) is 0.182. The summed E-state index contributed by atoms with van der Waals surface area (Å²) >= 11 is 0. The van der Waals surface area contributed by atoms with Gasteiger partial charge >= 0.3 is 5.97 Å². The third-order valence-corrected chi connectivity index (χ3v) is 5.03. The number of carboxylic acid groups (broad SMARTS) is 1. The summed E-state index contributed by atoms with van der Waals surface area (Å²) in [5.41, 5.74) is 2.94. The molecule has 4 nitrogen and oxygen atoms in total. The summed E-state index contributed by atoms with van der Waals surface area (Å²) in [7, 11) is 0. The van der Waals surface area contributed by atoms with Gasteiger partial charge in [-0.1, -0.05) is 25.1 Å². The first kappa shape index (κ1) is 18.3. The number of carbonyl (C=O) groups is 1. The number of halogens is 2. The van der Waals surface area contributed by atoms with Crippen LogP contribution in [0.5, 0.6) is 0 Å². The van der Waals surface area contributed by atoms with Crippen molar-refractivity contribution in [2.24, 2.45) is 0 Å². The Hall–Kier alpha value is -3.12. The normalized spacial score (nSPS) is 15.8. The highest BCUT2D eigenvalue weighted by molar-refractivity contribution is 6.06. The lowest BCUT2D eigenvalue weighted by molar-refractivity contribution is 0.0696. The number of rotatable bonds is 3. The van der Waals surface area contributed by atoms with E-state index in [1.807, 2.05) is 6.92 Å². The lowest BCUT2D eigenvalue weighted by Gasteiger charge is -2.30. The third-order valence-electron chi connectivity index (χ3n) is 5.03. The van der Waals surface area contributed by atoms with Crippen LogP contribution in [0.1, 0.15) is 34.1 Å². The molecule has 0 aliphatic carbocycles. The highest BCUT2D eigenvalue weighted by Crippen LogP contribution is 2.34. The van der Waals surface area contributed by atoms with Crippen molar-refractivity contribution in [1.82, 2.24) is 9.88 Å². The lowest BCUT2D eigenvalue weighted by Crippen LogP contribution is -2.31. The monoisotopic (exact) mass is 380 g/mol. The fourth-order valence-electron chi connectivity index (χ4n) is 3.65. The van der Waals surface area contributed by atoms with Gasteiger partial charge in [0.05, 0.1) is 16.8 Å². The molecule has 0 radical (unpaired) electrons. The molecule has 28 heavy (non-hydrogen) atoms. The molecule has 1 aliphatic rings. The molecule has 2 aromatic carbocycles. The molecule has 0 atom stereocenters. The van der Waals surface area contributed by atoms with Crippen molar-refractivity contribution in [2.45, 2.75) is 13.5 Å². The number of fused-ring (bicyclic) bond motifs is 2. The molecule has 4 rings (SSSR count). The number of hydrogen-bond acceptors (Lipinski definition) is 3. The van der Waals surface area contributed by atoms with Crippen molar-refractivity contribution < 1.29 is 18.7 Å². The Morgan fingerprint density at radius 2 is 2.00 bits per heavy atom. The Balaban J connectivity index is 1.99. The van der Waals surface area contributed by atoms with Crippen LogP contribution in [-0.2, 0) is 6.54 Å². The zero-order valence-electron chi connectivity index (χ0n) is 15.2. The topological polar surface area (TPSA) is 53.4 Å². The molecule has 0 amide bonds. The van der Waals surface area contributed by atoms with E-state index in [0.29, 0.717) is 47.4 Å². The molecule has 0 saturated carbocycles. The van der Waals surface area contributed by atoms with E-state index in [0.717, 1.165) is 6.07 Å². The van der Waals surface area contributed by atoms with Gasteiger partial charge in [-0.15, -0.1) is 0 Å². The van der Waals surface area contributed by atoms with E-state index in [4.69, 9.17) is 4.98 Å². The summed E-state index contributed by atoms with van der Waals surface area (Å²) in [5, 5.41) is 10.5. The summed E-state index contributed by atoms with van der Waals surface area (Å²) < 4.78 is 27.5. The Labute approximate surface area is 160 Å². The Morgan fingerprint density at radius 3 is 2.71 bits per heavy atom. The summed E-state index contributed by atoms with van der Waals surface area (Å²) in [6, 6.07) is 10.5. The van der Waals surface area contributed by atoms with Gasteiger partial charge in [0.2, 0.25) is 0 Å². The number of carboxylic acids is 1. The average molecular weight is 380 g/mol. The van der Waals surface area contributed by atoms with Crippen LogP contribution >= 0.6 is 0 Å². The molecule has 142 valence electrons. The number of benzene rings is 2. The molecule has 0 unspecified atom stereocenters. The summed E-state index contributed by atoms with van der Waals surface area (Å²) in [6.07, 6.45) is 1.63. The fourth-order valence-corrected chi connectivity index (χ4v) is 3.65. The van der Waals surface area contributed by atoms with Gasteiger partial charge in [-0.05, 0) is 36.4 Å². The zero-order chi connectivity index (χ0) is 19.8. The first-order valence-corrected chi connectivity index (χ1v) is 9.01. The van der Waals surface area contributed by atoms with Gasteiger partial charge in [-0.2, -0.15) is 0 Å². The SMILES string of the molecule is CCN1C/C(=C\c2ccc(F)cc2F)c2nc3ccccc3c(C(=O)O)c2C1. The van der Waals surface area contributed by atoms with Crippen molar-refractivity contribution in [1.29, 1.82) is 0 Å². The minimum absolute atomic E-state index is 0.226. The minimum Gasteiger partial charge on any atom is -0.478 e. The second kappa shape index (κ2) is 7.13. The molecule has 0 fully saturated rings. The van der Waals surface area contributed by atoms with Crippen LogP contribution in [0.4, 0.5) is 8.78 Å². The molecular formula is C22H18F2N2O2. The number of nitrogens with zero attached hydrogens (tertiary/aromatic N) is 2. The summed E-state index contributed by atoms with van der Waals surface area (Å²) in [4.78, 5) is 18.8. The quantitative estimate of drug-likeness (QED) is 0.722. The maximum Gasteiger partial charge on any atom is 0.336 e. The number of likely N-dealkylation sites (N-methyl/N-ethyl adjacent to an activating group) is 1. The first-order valence-electron chi connectivity index (χ1n) is 9.01. The zero-order valence-corrected chi connectivity index (χ0v) is 15.2. The maximum absolute atomic E-state index is 14.2. The molecule has 3 aromatic rings. The molecule has 1 aromatic heterocycles. The van der Waals surface area contributed by atoms with Crippen molar-refractivity contribution in [2.75, 3.05) is 13.1 Å². The molecule has 2 heterocycles. The van der Waals surface area contributed by atoms with Gasteiger partial charge in [0.1, 0.15) is 11.6 Å². The predicted molar refractivity (Wildman–Crippen MR) is 104 cm³/mol. The standard InChI is InChI=1S/C22H18F2N2O2/c1-2-26-11-14(9-13-7-8-15(23)10-18(13)24)21-17(12-26)20(22(27)28)16-5-3-4-6-19(16)25-21/h3-10H,2,11-12H2,1H3,(H,27,28)/b14-9+. The lowest BCUT2D eigenvalue weighted by atomic mass is 9.92. The van der Waals surface area contributed by atoms with E-state index in [1.54, 1.807) is 30.3 Å². The van der Waals surface area contributed by atoms with Crippen LogP contribution in [0.2, 0.25) is 0 Å². The van der Waals surface area contributed by atoms with Crippen molar-refractivity contribution in [3.05, 3.63) is 76.5 Å². The highest BCUT2D eigenvalue weighted by atomic mass is 19.1. The van der Waals surface area contributed by atoms with Gasteiger partial charge < -0.3 is 5.11 Å². The Kier molecular flexibility index (Phi) is 4.65. The van der Waals surface area contributed by atoms with Crippen LogP contribution < -0.4 is 0 Å². The molecule has 0 saturated heterocycles. The number of hydrogen-bond donors (Lipinski definition) is 1. The molecule has 0 spiro atoms. The smallest absolute Gasteiger partial charge is 0.336 e. The van der Waals surface area contributed by atoms with Gasteiger partial charge in [-0.25, -0.2) is 18.6 Å². The van der Waals surface area contributed by atoms with Crippen molar-refractivity contribution in [3.8, 4) is 0 Å².